The molecule has 3 nitrogen and oxygen atoms in total. The molecule has 0 bridgehead atoms. The van der Waals surface area contributed by atoms with E-state index >= 15 is 0 Å². The van der Waals surface area contributed by atoms with Gasteiger partial charge in [0, 0.05) is 0 Å². The van der Waals surface area contributed by atoms with Gasteiger partial charge in [-0.15, -0.1) is 0 Å². The first-order chi connectivity index (χ1) is 3.77. The fourth-order valence-corrected chi connectivity index (χ4v) is 0.162. The Bertz CT molecular complexity index is 48.5. The van der Waals surface area contributed by atoms with Crippen molar-refractivity contribution < 1.29 is 16.3 Å². The van der Waals surface area contributed by atoms with Crippen LogP contribution in [0.4, 0.5) is 0 Å². The number of hydrogen-bond donors (Lipinski definition) is 1. The molecule has 0 spiro atoms. The second-order valence-corrected chi connectivity index (χ2v) is 0.874. The Morgan fingerprint density at radius 3 is 2.86 bits per heavy atom. The molecular formula is C4H10O3. The van der Waals surface area contributed by atoms with E-state index in [-0.39, 0.29) is 6.61 Å². The van der Waals surface area contributed by atoms with Gasteiger partial charge >= 0.3 is 0 Å². The highest BCUT2D eigenvalue weighted by molar-refractivity contribution is 4.11. The van der Waals surface area contributed by atoms with Gasteiger partial charge in [-0.05, 0) is 6.92 Å². The van der Waals surface area contributed by atoms with Crippen molar-refractivity contribution in [2.75, 3.05) is 19.8 Å². The summed E-state index contributed by atoms with van der Waals surface area (Å²) >= 11 is 0. The van der Waals surface area contributed by atoms with Crippen molar-refractivity contribution in [2.45, 2.75) is 6.92 Å². The van der Waals surface area contributed by atoms with Crippen molar-refractivity contribution in [3.8, 4) is 0 Å². The quantitative estimate of drug-likeness (QED) is 0.311. The van der Waals surface area contributed by atoms with Gasteiger partial charge < -0.3 is 5.11 Å². The molecule has 0 saturated heterocycles. The van der Waals surface area contributed by atoms with E-state index in [0.29, 0.717) is 6.61 Å². The molecule has 0 aliphatic carbocycles. The van der Waals surface area contributed by atoms with E-state index in [2.05, 4.69) is 9.78 Å². The third kappa shape index (κ3) is 5.88. The largest absolute Gasteiger partial charge is 0.394 e. The Kier molecular flexibility index (Phi) is 4.22. The van der Waals surface area contributed by atoms with Gasteiger partial charge in [-0.25, -0.2) is 9.78 Å². The number of aliphatic hydroxyl groups is 1. The summed E-state index contributed by atoms with van der Waals surface area (Å²) in [5.41, 5.74) is 0. The second-order valence-electron chi connectivity index (χ2n) is 0.874. The lowest BCUT2D eigenvalue weighted by Crippen LogP contribution is -1.99. The highest BCUT2D eigenvalue weighted by Crippen LogP contribution is 1.73. The SMILES string of the molecule is [3H]C(O)COOCC. The first-order valence-electron chi connectivity index (χ1n) is 2.69. The third-order valence-corrected chi connectivity index (χ3v) is 0.344. The molecular weight excluding hydrogens is 96.0 g/mol. The molecule has 0 saturated carbocycles. The van der Waals surface area contributed by atoms with Crippen LogP contribution in [-0.4, -0.2) is 24.9 Å². The Morgan fingerprint density at radius 1 is 1.71 bits per heavy atom. The molecule has 0 aliphatic heterocycles. The molecule has 0 aromatic heterocycles. The fraction of sp³-hybridized carbons (Fsp3) is 1.00. The number of hydrogen-bond acceptors (Lipinski definition) is 3. The van der Waals surface area contributed by atoms with Crippen molar-refractivity contribution in [1.82, 2.24) is 0 Å². The lowest BCUT2D eigenvalue weighted by atomic mass is 10.8. The van der Waals surface area contributed by atoms with Gasteiger partial charge in [-0.2, -0.15) is 0 Å². The highest BCUT2D eigenvalue weighted by atomic mass is 17.2. The van der Waals surface area contributed by atoms with Crippen LogP contribution in [0.2, 0.25) is 0 Å². The van der Waals surface area contributed by atoms with E-state index in [1.165, 1.54) is 0 Å². The maximum atomic E-state index is 8.24. The monoisotopic (exact) mass is 108 g/mol. The molecule has 0 amide bonds. The predicted octanol–water partition coefficient (Wildman–Crippen LogP) is -0.0532. The molecule has 0 radical (unpaired) electrons. The van der Waals surface area contributed by atoms with Crippen molar-refractivity contribution in [1.29, 1.82) is 0 Å². The molecule has 1 unspecified atom stereocenters. The van der Waals surface area contributed by atoms with E-state index < -0.39 is 6.58 Å². The zero-order chi connectivity index (χ0) is 6.41. The Morgan fingerprint density at radius 2 is 2.43 bits per heavy atom. The standard InChI is InChI=1S/C4H10O3/c1-2-6-7-4-3-5/h5H,2-4H2,1H3/i3T. The Labute approximate surface area is 44.2 Å². The number of rotatable bonds is 4. The van der Waals surface area contributed by atoms with Crippen molar-refractivity contribution in [3.63, 3.8) is 0 Å². The summed E-state index contributed by atoms with van der Waals surface area (Å²) in [5, 5.41) is 8.24. The van der Waals surface area contributed by atoms with Gasteiger partial charge in [0.2, 0.25) is 0 Å². The summed E-state index contributed by atoms with van der Waals surface area (Å²) in [6, 6.07) is 0. The summed E-state index contributed by atoms with van der Waals surface area (Å²) in [6.45, 7) is 0.915. The van der Waals surface area contributed by atoms with Gasteiger partial charge in [0.05, 0.1) is 14.6 Å². The zero-order valence-electron chi connectivity index (χ0n) is 5.26. The molecule has 3 heteroatoms. The Balaban J connectivity index is 2.72. The molecule has 0 aliphatic rings. The van der Waals surface area contributed by atoms with Crippen molar-refractivity contribution in [2.24, 2.45) is 0 Å². The van der Waals surface area contributed by atoms with Gasteiger partial charge in [0.1, 0.15) is 6.61 Å². The van der Waals surface area contributed by atoms with Crippen LogP contribution in [0.25, 0.3) is 0 Å². The predicted molar refractivity (Wildman–Crippen MR) is 24.7 cm³/mol. The average molecular weight is 108 g/mol. The molecule has 0 fully saturated rings. The summed E-state index contributed by atoms with van der Waals surface area (Å²) < 4.78 is 6.51. The molecule has 0 rings (SSSR count). The van der Waals surface area contributed by atoms with Gasteiger partial charge in [0.15, 0.2) is 0 Å². The summed E-state index contributed by atoms with van der Waals surface area (Å²) in [7, 11) is 0. The second kappa shape index (κ2) is 5.88. The first kappa shape index (κ1) is 5.03. The zero-order valence-corrected chi connectivity index (χ0v) is 4.26. The average Bonchev–Trinajstić information content (AvgIpc) is 1.66. The maximum Gasteiger partial charge on any atom is 0.105 e. The van der Waals surface area contributed by atoms with E-state index in [1.807, 2.05) is 0 Å². The summed E-state index contributed by atoms with van der Waals surface area (Å²) in [6.07, 6.45) is 0. The first-order valence-corrected chi connectivity index (χ1v) is 2.12. The Hall–Kier alpha value is -0.120. The van der Waals surface area contributed by atoms with Crippen LogP contribution in [-0.2, 0) is 9.78 Å². The van der Waals surface area contributed by atoms with E-state index in [4.69, 9.17) is 6.48 Å². The molecule has 0 heterocycles. The van der Waals surface area contributed by atoms with Crippen LogP contribution in [0, 0.1) is 0 Å². The van der Waals surface area contributed by atoms with Crippen LogP contribution in [0.5, 0.6) is 0 Å². The van der Waals surface area contributed by atoms with Crippen molar-refractivity contribution in [3.05, 3.63) is 0 Å². The van der Waals surface area contributed by atoms with Crippen LogP contribution < -0.4 is 0 Å². The molecule has 0 aromatic rings. The summed E-state index contributed by atoms with van der Waals surface area (Å²) in [5.74, 6) is 0. The topological polar surface area (TPSA) is 38.7 Å². The molecule has 44 valence electrons. The lowest BCUT2D eigenvalue weighted by Gasteiger charge is -1.95. The minimum Gasteiger partial charge on any atom is -0.394 e. The van der Waals surface area contributed by atoms with Crippen LogP contribution in [0.3, 0.4) is 0 Å². The number of aliphatic hydroxyl groups excluding tert-OH is 1. The van der Waals surface area contributed by atoms with Crippen LogP contribution in [0.15, 0.2) is 0 Å². The third-order valence-electron chi connectivity index (χ3n) is 0.344. The molecule has 0 aromatic carbocycles. The lowest BCUT2D eigenvalue weighted by molar-refractivity contribution is -0.294. The van der Waals surface area contributed by atoms with Gasteiger partial charge in [0.25, 0.3) is 0 Å². The van der Waals surface area contributed by atoms with E-state index in [0.717, 1.165) is 0 Å². The molecule has 7 heavy (non-hydrogen) atoms. The maximum absolute atomic E-state index is 8.24. The minimum atomic E-state index is -1.19. The highest BCUT2D eigenvalue weighted by Gasteiger charge is 1.78. The van der Waals surface area contributed by atoms with Crippen LogP contribution >= 0.6 is 0 Å². The smallest absolute Gasteiger partial charge is 0.105 e. The fourth-order valence-electron chi connectivity index (χ4n) is 0.162. The normalized spacial score (nSPS) is 16.0. The van der Waals surface area contributed by atoms with E-state index in [1.54, 1.807) is 6.92 Å². The summed E-state index contributed by atoms with van der Waals surface area (Å²) in [4.78, 5) is 8.67. The van der Waals surface area contributed by atoms with Crippen molar-refractivity contribution >= 4 is 0 Å². The van der Waals surface area contributed by atoms with Gasteiger partial charge in [-0.3, -0.25) is 0 Å². The van der Waals surface area contributed by atoms with Gasteiger partial charge in [-0.1, -0.05) is 0 Å². The molecule has 1 atom stereocenters. The molecule has 1 N–H and O–H groups in total. The van der Waals surface area contributed by atoms with Crippen LogP contribution in [0.1, 0.15) is 8.29 Å². The van der Waals surface area contributed by atoms with E-state index in [9.17, 15) is 0 Å². The minimum absolute atomic E-state index is 0.0894.